The molecule has 0 bridgehead atoms. The van der Waals surface area contributed by atoms with Crippen LogP contribution < -0.4 is 9.64 Å². The van der Waals surface area contributed by atoms with Crippen LogP contribution in [0.1, 0.15) is 30.7 Å². The topological polar surface area (TPSA) is 50.6 Å². The second-order valence-corrected chi connectivity index (χ2v) is 10.0. The quantitative estimate of drug-likeness (QED) is 0.362. The van der Waals surface area contributed by atoms with E-state index < -0.39 is 0 Å². The zero-order chi connectivity index (χ0) is 24.2. The van der Waals surface area contributed by atoms with Gasteiger partial charge in [0.05, 0.1) is 19.7 Å². The van der Waals surface area contributed by atoms with Crippen LogP contribution in [0.3, 0.4) is 0 Å². The fourth-order valence-electron chi connectivity index (χ4n) is 4.01. The molecule has 4 rings (SSSR count). The molecule has 1 aliphatic rings. The average Bonchev–Trinajstić information content (AvgIpc) is 3.13. The van der Waals surface area contributed by atoms with Gasteiger partial charge in [-0.15, -0.1) is 12.4 Å². The largest absolute Gasteiger partial charge is 0.493 e. The van der Waals surface area contributed by atoms with Crippen molar-refractivity contribution in [3.8, 4) is 5.75 Å². The summed E-state index contributed by atoms with van der Waals surface area (Å²) in [6.07, 6.45) is 0. The van der Waals surface area contributed by atoms with Crippen molar-refractivity contribution in [2.45, 2.75) is 33.9 Å². The highest BCUT2D eigenvalue weighted by molar-refractivity contribution is 6.30. The van der Waals surface area contributed by atoms with Gasteiger partial charge in [0.25, 0.3) is 0 Å². The van der Waals surface area contributed by atoms with Crippen molar-refractivity contribution in [3.63, 3.8) is 0 Å². The van der Waals surface area contributed by atoms with Gasteiger partial charge < -0.3 is 4.74 Å². The molecule has 2 heterocycles. The molecular weight excluding hydrogens is 507 g/mol. The fraction of sp³-hybridized carbons (Fsp3) is 0.385. The fourth-order valence-corrected chi connectivity index (χ4v) is 4.42. The first kappa shape index (κ1) is 27.3. The molecule has 0 unspecified atom stereocenters. The Kier molecular flexibility index (Phi) is 9.47. The normalized spacial score (nSPS) is 14.3. The summed E-state index contributed by atoms with van der Waals surface area (Å²) in [5.74, 6) is 1.95. The Morgan fingerprint density at radius 2 is 1.80 bits per heavy atom. The highest BCUT2D eigenvalue weighted by Gasteiger charge is 2.27. The van der Waals surface area contributed by atoms with Crippen LogP contribution in [-0.2, 0) is 17.9 Å². The summed E-state index contributed by atoms with van der Waals surface area (Å²) in [6.45, 7) is 9.78. The zero-order valence-electron chi connectivity index (χ0n) is 20.2. The Morgan fingerprint density at radius 3 is 2.51 bits per heavy atom. The zero-order valence-corrected chi connectivity index (χ0v) is 22.5. The maximum Gasteiger partial charge on any atom is 0.242 e. The van der Waals surface area contributed by atoms with E-state index in [1.807, 2.05) is 60.1 Å². The smallest absolute Gasteiger partial charge is 0.242 e. The van der Waals surface area contributed by atoms with Crippen LogP contribution in [0.25, 0.3) is 0 Å². The second kappa shape index (κ2) is 12.1. The molecular formula is C26H31Cl3N4O2. The average molecular weight is 538 g/mol. The minimum atomic E-state index is 0. The SMILES string of the molecule is Cc1cc(N2CCN(Cc3cccc(Cl)c3)CC2=O)nn1Cc1cc(Cl)ccc1OCC(C)C.Cl. The summed E-state index contributed by atoms with van der Waals surface area (Å²) in [4.78, 5) is 16.9. The summed E-state index contributed by atoms with van der Waals surface area (Å²) in [6, 6.07) is 15.4. The lowest BCUT2D eigenvalue weighted by molar-refractivity contribution is -0.121. The van der Waals surface area contributed by atoms with Crippen molar-refractivity contribution in [1.82, 2.24) is 14.7 Å². The number of halogens is 3. The van der Waals surface area contributed by atoms with E-state index in [0.29, 0.717) is 54.6 Å². The number of hydrogen-bond donors (Lipinski definition) is 0. The van der Waals surface area contributed by atoms with Gasteiger partial charge in [0.2, 0.25) is 5.91 Å². The third-order valence-corrected chi connectivity index (χ3v) is 6.22. The molecule has 188 valence electrons. The van der Waals surface area contributed by atoms with Crippen molar-refractivity contribution in [1.29, 1.82) is 0 Å². The lowest BCUT2D eigenvalue weighted by Crippen LogP contribution is -2.50. The molecule has 35 heavy (non-hydrogen) atoms. The summed E-state index contributed by atoms with van der Waals surface area (Å²) in [7, 11) is 0. The number of aromatic nitrogens is 2. The molecule has 2 aromatic carbocycles. The Balaban J connectivity index is 0.00000342. The number of rotatable bonds is 8. The van der Waals surface area contributed by atoms with Crippen molar-refractivity contribution in [2.24, 2.45) is 5.92 Å². The molecule has 0 saturated carbocycles. The number of carbonyl (C=O) groups excluding carboxylic acids is 1. The molecule has 1 aromatic heterocycles. The first-order chi connectivity index (χ1) is 16.3. The van der Waals surface area contributed by atoms with E-state index in [-0.39, 0.29) is 18.3 Å². The first-order valence-electron chi connectivity index (χ1n) is 11.5. The van der Waals surface area contributed by atoms with E-state index in [1.54, 1.807) is 4.90 Å². The van der Waals surface area contributed by atoms with Gasteiger partial charge in [-0.25, -0.2) is 0 Å². The number of hydrogen-bond acceptors (Lipinski definition) is 4. The Bertz CT molecular complexity index is 1170. The van der Waals surface area contributed by atoms with Gasteiger partial charge in [0.1, 0.15) is 5.75 Å². The summed E-state index contributed by atoms with van der Waals surface area (Å²) < 4.78 is 7.89. The third kappa shape index (κ3) is 7.14. The molecule has 6 nitrogen and oxygen atoms in total. The minimum absolute atomic E-state index is 0. The van der Waals surface area contributed by atoms with Gasteiger partial charge in [-0.1, -0.05) is 49.2 Å². The van der Waals surface area contributed by atoms with E-state index in [0.717, 1.165) is 29.1 Å². The van der Waals surface area contributed by atoms with Crippen molar-refractivity contribution < 1.29 is 9.53 Å². The highest BCUT2D eigenvalue weighted by atomic mass is 35.5. The minimum Gasteiger partial charge on any atom is -0.493 e. The Labute approximate surface area is 223 Å². The van der Waals surface area contributed by atoms with Crippen LogP contribution in [0.2, 0.25) is 10.0 Å². The lowest BCUT2D eigenvalue weighted by atomic mass is 10.2. The van der Waals surface area contributed by atoms with Crippen LogP contribution in [0.4, 0.5) is 5.82 Å². The summed E-state index contributed by atoms with van der Waals surface area (Å²) >= 11 is 12.4. The van der Waals surface area contributed by atoms with Gasteiger partial charge in [-0.05, 0) is 48.7 Å². The Hall–Kier alpha value is -2.25. The number of carbonyl (C=O) groups is 1. The van der Waals surface area contributed by atoms with Gasteiger partial charge in [-0.2, -0.15) is 5.10 Å². The van der Waals surface area contributed by atoms with Gasteiger partial charge in [0, 0.05) is 47.0 Å². The summed E-state index contributed by atoms with van der Waals surface area (Å²) in [5, 5.41) is 6.12. The predicted molar refractivity (Wildman–Crippen MR) is 144 cm³/mol. The molecule has 1 fully saturated rings. The lowest BCUT2D eigenvalue weighted by Gasteiger charge is -2.33. The van der Waals surface area contributed by atoms with Crippen LogP contribution in [0.15, 0.2) is 48.5 Å². The number of nitrogens with zero attached hydrogens (tertiary/aromatic N) is 4. The molecule has 0 atom stereocenters. The van der Waals surface area contributed by atoms with E-state index >= 15 is 0 Å². The number of amides is 1. The highest BCUT2D eigenvalue weighted by Crippen LogP contribution is 2.26. The van der Waals surface area contributed by atoms with Gasteiger partial charge in [-0.3, -0.25) is 19.3 Å². The predicted octanol–water partition coefficient (Wildman–Crippen LogP) is 5.85. The molecule has 1 amide bonds. The number of benzene rings is 2. The Morgan fingerprint density at radius 1 is 1.03 bits per heavy atom. The van der Waals surface area contributed by atoms with E-state index in [4.69, 9.17) is 33.0 Å². The molecule has 0 radical (unpaired) electrons. The van der Waals surface area contributed by atoms with Gasteiger partial charge in [0.15, 0.2) is 5.82 Å². The monoisotopic (exact) mass is 536 g/mol. The third-order valence-electron chi connectivity index (χ3n) is 5.75. The van der Waals surface area contributed by atoms with Crippen molar-refractivity contribution in [2.75, 3.05) is 31.1 Å². The maximum absolute atomic E-state index is 13.0. The van der Waals surface area contributed by atoms with E-state index in [1.165, 1.54) is 0 Å². The van der Waals surface area contributed by atoms with E-state index in [2.05, 4.69) is 18.7 Å². The summed E-state index contributed by atoms with van der Waals surface area (Å²) in [5.41, 5.74) is 3.04. The first-order valence-corrected chi connectivity index (χ1v) is 12.3. The molecule has 3 aromatic rings. The maximum atomic E-state index is 13.0. The van der Waals surface area contributed by atoms with Crippen LogP contribution in [0.5, 0.6) is 5.75 Å². The standard InChI is InChI=1S/C26H30Cl2N4O2.ClH/c1-18(2)17-34-24-8-7-23(28)13-21(24)15-32-19(3)11-25(29-32)31-10-9-30(16-26(31)33)14-20-5-4-6-22(27)12-20;/h4-8,11-13,18H,9-10,14-17H2,1-3H3;1H. The second-order valence-electron chi connectivity index (χ2n) is 9.14. The number of ether oxygens (including phenoxy) is 1. The van der Waals surface area contributed by atoms with Crippen LogP contribution >= 0.6 is 35.6 Å². The molecule has 9 heteroatoms. The van der Waals surface area contributed by atoms with Crippen molar-refractivity contribution in [3.05, 3.63) is 75.4 Å². The van der Waals surface area contributed by atoms with Crippen LogP contribution in [0, 0.1) is 12.8 Å². The molecule has 1 saturated heterocycles. The molecule has 0 aliphatic carbocycles. The molecule has 0 spiro atoms. The number of piperazine rings is 1. The number of anilines is 1. The molecule has 0 N–H and O–H groups in total. The van der Waals surface area contributed by atoms with Crippen LogP contribution in [-0.4, -0.2) is 46.8 Å². The molecule has 1 aliphatic heterocycles. The van der Waals surface area contributed by atoms with E-state index in [9.17, 15) is 4.79 Å². The van der Waals surface area contributed by atoms with Gasteiger partial charge >= 0.3 is 0 Å². The number of aryl methyl sites for hydroxylation is 1. The van der Waals surface area contributed by atoms with Crippen molar-refractivity contribution >= 4 is 47.3 Å².